The molecule has 1 amide bonds. The number of carbonyl (C=O) groups excluding carboxylic acids is 1. The first-order valence-corrected chi connectivity index (χ1v) is 4.50. The topological polar surface area (TPSA) is 100 Å². The average Bonchev–Trinajstić information content (AvgIpc) is 2.65. The van der Waals surface area contributed by atoms with Crippen molar-refractivity contribution >= 4 is 5.91 Å². The van der Waals surface area contributed by atoms with E-state index in [1.165, 1.54) is 0 Å². The summed E-state index contributed by atoms with van der Waals surface area (Å²) in [6.07, 6.45) is 0.759. The van der Waals surface area contributed by atoms with E-state index in [0.29, 0.717) is 13.2 Å². The lowest BCUT2D eigenvalue weighted by atomic mass is 10.1. The molecule has 0 saturated carbocycles. The summed E-state index contributed by atoms with van der Waals surface area (Å²) in [5, 5.41) is 11.7. The van der Waals surface area contributed by atoms with Crippen LogP contribution in [0, 0.1) is 17.2 Å². The minimum atomic E-state index is -0.347. The van der Waals surface area contributed by atoms with Gasteiger partial charge in [-0.1, -0.05) is 0 Å². The van der Waals surface area contributed by atoms with Crippen molar-refractivity contribution in [1.29, 1.82) is 5.26 Å². The summed E-state index contributed by atoms with van der Waals surface area (Å²) in [6.45, 7) is 0.970. The van der Waals surface area contributed by atoms with Crippen molar-refractivity contribution in [2.45, 2.75) is 12.5 Å². The van der Waals surface area contributed by atoms with E-state index < -0.39 is 0 Å². The highest BCUT2D eigenvalue weighted by Crippen LogP contribution is 2.12. The molecule has 0 bridgehead atoms. The van der Waals surface area contributed by atoms with E-state index in [-0.39, 0.29) is 24.4 Å². The van der Waals surface area contributed by atoms with Crippen molar-refractivity contribution in [3.05, 3.63) is 0 Å². The molecule has 0 aromatic rings. The average molecular weight is 198 g/mol. The molecule has 0 aromatic heterocycles. The standard InChI is InChI=1S/C8H14N4O2/c9-2-6-1-7(11-4-6)5-14-12-8(13)3-10/h6-7,11H,1,3-5,10H2,(H,12,13)/t6?,7-/m0/s1. The van der Waals surface area contributed by atoms with E-state index in [1.807, 2.05) is 0 Å². The number of nitrogens with zero attached hydrogens (tertiary/aromatic N) is 1. The molecule has 1 aliphatic rings. The molecule has 6 heteroatoms. The zero-order valence-electron chi connectivity index (χ0n) is 7.82. The molecule has 1 unspecified atom stereocenters. The van der Waals surface area contributed by atoms with Crippen molar-refractivity contribution in [3.8, 4) is 6.07 Å². The fourth-order valence-corrected chi connectivity index (χ4v) is 1.31. The molecule has 1 rings (SSSR count). The van der Waals surface area contributed by atoms with Crippen LogP contribution in [0.2, 0.25) is 0 Å². The van der Waals surface area contributed by atoms with E-state index in [2.05, 4.69) is 16.9 Å². The van der Waals surface area contributed by atoms with Gasteiger partial charge in [0.2, 0.25) is 0 Å². The number of hydroxylamine groups is 1. The lowest BCUT2D eigenvalue weighted by molar-refractivity contribution is -0.132. The van der Waals surface area contributed by atoms with Crippen LogP contribution in [0.3, 0.4) is 0 Å². The molecule has 6 nitrogen and oxygen atoms in total. The second kappa shape index (κ2) is 5.54. The van der Waals surface area contributed by atoms with Gasteiger partial charge in [0.05, 0.1) is 25.1 Å². The predicted octanol–water partition coefficient (Wildman–Crippen LogP) is -1.51. The Morgan fingerprint density at radius 3 is 3.14 bits per heavy atom. The van der Waals surface area contributed by atoms with Crippen LogP contribution in [0.15, 0.2) is 0 Å². The summed E-state index contributed by atoms with van der Waals surface area (Å²) >= 11 is 0. The van der Waals surface area contributed by atoms with Crippen molar-refractivity contribution in [2.75, 3.05) is 19.7 Å². The van der Waals surface area contributed by atoms with E-state index in [1.54, 1.807) is 0 Å². The molecule has 0 aromatic carbocycles. The fourth-order valence-electron chi connectivity index (χ4n) is 1.31. The highest BCUT2D eigenvalue weighted by molar-refractivity contribution is 5.76. The number of nitriles is 1. The van der Waals surface area contributed by atoms with E-state index >= 15 is 0 Å². The molecular formula is C8H14N4O2. The first kappa shape index (κ1) is 10.9. The summed E-state index contributed by atoms with van der Waals surface area (Å²) in [5.41, 5.74) is 7.26. The van der Waals surface area contributed by atoms with Gasteiger partial charge in [0.1, 0.15) is 0 Å². The van der Waals surface area contributed by atoms with Crippen molar-refractivity contribution in [2.24, 2.45) is 11.7 Å². The Kier molecular flexibility index (Phi) is 4.32. The molecule has 1 fully saturated rings. The number of rotatable bonds is 4. The predicted molar refractivity (Wildman–Crippen MR) is 48.7 cm³/mol. The molecule has 1 heterocycles. The first-order valence-electron chi connectivity index (χ1n) is 4.50. The molecule has 2 atom stereocenters. The van der Waals surface area contributed by atoms with E-state index in [0.717, 1.165) is 6.42 Å². The van der Waals surface area contributed by atoms with Crippen LogP contribution in [0.5, 0.6) is 0 Å². The highest BCUT2D eigenvalue weighted by atomic mass is 16.7. The smallest absolute Gasteiger partial charge is 0.257 e. The molecule has 78 valence electrons. The third kappa shape index (κ3) is 3.30. The van der Waals surface area contributed by atoms with Crippen LogP contribution in [0.4, 0.5) is 0 Å². The van der Waals surface area contributed by atoms with Gasteiger partial charge >= 0.3 is 0 Å². The van der Waals surface area contributed by atoms with Crippen LogP contribution in [0.1, 0.15) is 6.42 Å². The van der Waals surface area contributed by atoms with Crippen LogP contribution < -0.4 is 16.5 Å². The zero-order chi connectivity index (χ0) is 10.4. The molecule has 1 aliphatic heterocycles. The van der Waals surface area contributed by atoms with E-state index in [4.69, 9.17) is 15.8 Å². The van der Waals surface area contributed by atoms with Gasteiger partial charge in [-0.25, -0.2) is 5.48 Å². The zero-order valence-corrected chi connectivity index (χ0v) is 7.82. The third-order valence-corrected chi connectivity index (χ3v) is 2.06. The number of nitrogens with two attached hydrogens (primary N) is 1. The number of hydrogen-bond donors (Lipinski definition) is 3. The third-order valence-electron chi connectivity index (χ3n) is 2.06. The minimum Gasteiger partial charge on any atom is -0.322 e. The minimum absolute atomic E-state index is 0.0498. The lowest BCUT2D eigenvalue weighted by Gasteiger charge is -2.10. The normalized spacial score (nSPS) is 25.7. The molecule has 0 radical (unpaired) electrons. The summed E-state index contributed by atoms with van der Waals surface area (Å²) in [4.78, 5) is 15.6. The second-order valence-corrected chi connectivity index (χ2v) is 3.21. The summed E-state index contributed by atoms with van der Waals surface area (Å²) < 4.78 is 0. The van der Waals surface area contributed by atoms with Crippen molar-refractivity contribution in [3.63, 3.8) is 0 Å². The molecular weight excluding hydrogens is 184 g/mol. The quantitative estimate of drug-likeness (QED) is 0.477. The maximum Gasteiger partial charge on any atom is 0.257 e. The van der Waals surface area contributed by atoms with Crippen LogP contribution in [-0.2, 0) is 9.63 Å². The molecule has 0 aliphatic carbocycles. The number of nitrogens with one attached hydrogen (secondary N) is 2. The van der Waals surface area contributed by atoms with Gasteiger partial charge in [0.25, 0.3) is 5.91 Å². The van der Waals surface area contributed by atoms with Gasteiger partial charge in [0.15, 0.2) is 0 Å². The Morgan fingerprint density at radius 1 is 1.79 bits per heavy atom. The molecule has 4 N–H and O–H groups in total. The Balaban J connectivity index is 2.09. The van der Waals surface area contributed by atoms with Gasteiger partial charge < -0.3 is 11.1 Å². The number of amides is 1. The van der Waals surface area contributed by atoms with Gasteiger partial charge in [-0.2, -0.15) is 5.26 Å². The molecule has 1 saturated heterocycles. The van der Waals surface area contributed by atoms with Gasteiger partial charge in [-0.3, -0.25) is 9.63 Å². The maximum absolute atomic E-state index is 10.7. The fraction of sp³-hybridized carbons (Fsp3) is 0.750. The summed E-state index contributed by atoms with van der Waals surface area (Å²) in [5.74, 6) is -0.298. The second-order valence-electron chi connectivity index (χ2n) is 3.21. The molecule has 14 heavy (non-hydrogen) atoms. The highest BCUT2D eigenvalue weighted by Gasteiger charge is 2.23. The van der Waals surface area contributed by atoms with Gasteiger partial charge in [0, 0.05) is 12.6 Å². The van der Waals surface area contributed by atoms with Crippen molar-refractivity contribution in [1.82, 2.24) is 10.8 Å². The lowest BCUT2D eigenvalue weighted by Crippen LogP contribution is -2.35. The number of carbonyl (C=O) groups is 1. The molecule has 0 spiro atoms. The Labute approximate surface area is 82.3 Å². The Bertz CT molecular complexity index is 238. The monoisotopic (exact) mass is 198 g/mol. The van der Waals surface area contributed by atoms with Gasteiger partial charge in [-0.15, -0.1) is 0 Å². The van der Waals surface area contributed by atoms with Crippen LogP contribution >= 0.6 is 0 Å². The van der Waals surface area contributed by atoms with Crippen LogP contribution in [-0.4, -0.2) is 31.6 Å². The van der Waals surface area contributed by atoms with Crippen LogP contribution in [0.25, 0.3) is 0 Å². The maximum atomic E-state index is 10.7. The summed E-state index contributed by atoms with van der Waals surface area (Å²) in [7, 11) is 0. The summed E-state index contributed by atoms with van der Waals surface area (Å²) in [6, 6.07) is 2.32. The van der Waals surface area contributed by atoms with Gasteiger partial charge in [-0.05, 0) is 6.42 Å². The first-order chi connectivity index (χ1) is 6.76. The Hall–Kier alpha value is -1.16. The largest absolute Gasteiger partial charge is 0.322 e. The van der Waals surface area contributed by atoms with E-state index in [9.17, 15) is 4.79 Å². The van der Waals surface area contributed by atoms with Crippen molar-refractivity contribution < 1.29 is 9.63 Å². The Morgan fingerprint density at radius 2 is 2.57 bits per heavy atom. The number of hydrogen-bond acceptors (Lipinski definition) is 5. The SMILES string of the molecule is N#CC1CN[C@H](CONC(=O)CN)C1.